The van der Waals surface area contributed by atoms with E-state index in [4.69, 9.17) is 4.74 Å². The third kappa shape index (κ3) is 3.56. The molecule has 0 bridgehead atoms. The number of carbonyl (C=O) groups excluding carboxylic acids is 1. The number of ketones is 1. The van der Waals surface area contributed by atoms with Crippen LogP contribution in [0.15, 0.2) is 72.8 Å². The average Bonchev–Trinajstić information content (AvgIpc) is 2.67. The van der Waals surface area contributed by atoms with E-state index in [1.807, 2.05) is 60.7 Å². The molecule has 3 aromatic rings. The molecule has 0 amide bonds. The molecular formula is C22H22O2Si. The second-order valence-corrected chi connectivity index (χ2v) is 9.24. The lowest BCUT2D eigenvalue weighted by molar-refractivity contribution is 0.103. The van der Waals surface area contributed by atoms with Gasteiger partial charge in [-0.15, -0.1) is 0 Å². The zero-order chi connectivity index (χ0) is 17.8. The summed E-state index contributed by atoms with van der Waals surface area (Å²) < 4.78 is 5.49. The predicted molar refractivity (Wildman–Crippen MR) is 107 cm³/mol. The van der Waals surface area contributed by atoms with Crippen LogP contribution >= 0.6 is 0 Å². The van der Waals surface area contributed by atoms with Crippen LogP contribution in [0.5, 0.6) is 5.75 Å². The number of hydrogen-bond donors (Lipinski definition) is 0. The molecule has 3 aromatic carbocycles. The SMILES string of the molecule is COc1cccc(C(=O)c2ccc(-c3ccccc3)cc2)c1[SiH](C)C. The minimum absolute atomic E-state index is 0.0645. The van der Waals surface area contributed by atoms with E-state index >= 15 is 0 Å². The Morgan fingerprint density at radius 1 is 0.800 bits per heavy atom. The van der Waals surface area contributed by atoms with Crippen molar-refractivity contribution in [2.24, 2.45) is 0 Å². The Morgan fingerprint density at radius 2 is 1.44 bits per heavy atom. The number of carbonyl (C=O) groups is 1. The van der Waals surface area contributed by atoms with Gasteiger partial charge in [-0.05, 0) is 22.4 Å². The first-order valence-corrected chi connectivity index (χ1v) is 11.4. The largest absolute Gasteiger partial charge is 0.497 e. The van der Waals surface area contributed by atoms with E-state index in [0.29, 0.717) is 5.56 Å². The lowest BCUT2D eigenvalue weighted by Gasteiger charge is -2.15. The van der Waals surface area contributed by atoms with Crippen molar-refractivity contribution in [3.63, 3.8) is 0 Å². The Balaban J connectivity index is 1.97. The molecule has 0 unspecified atom stereocenters. The quantitative estimate of drug-likeness (QED) is 0.509. The fourth-order valence-corrected chi connectivity index (χ4v) is 4.75. The van der Waals surface area contributed by atoms with Crippen molar-refractivity contribution < 1.29 is 9.53 Å². The molecule has 0 aliphatic carbocycles. The first-order valence-electron chi connectivity index (χ1n) is 8.49. The van der Waals surface area contributed by atoms with Gasteiger partial charge < -0.3 is 4.74 Å². The van der Waals surface area contributed by atoms with Crippen LogP contribution in [-0.4, -0.2) is 21.7 Å². The van der Waals surface area contributed by atoms with Crippen LogP contribution in [0.4, 0.5) is 0 Å². The fourth-order valence-electron chi connectivity index (χ4n) is 3.12. The van der Waals surface area contributed by atoms with E-state index in [1.165, 1.54) is 0 Å². The molecule has 0 atom stereocenters. The van der Waals surface area contributed by atoms with Crippen molar-refractivity contribution in [2.45, 2.75) is 13.1 Å². The van der Waals surface area contributed by atoms with Crippen LogP contribution in [0.3, 0.4) is 0 Å². The van der Waals surface area contributed by atoms with Crippen molar-refractivity contribution in [1.29, 1.82) is 0 Å². The molecule has 0 saturated heterocycles. The third-order valence-corrected chi connectivity index (χ3v) is 6.11. The predicted octanol–water partition coefficient (Wildman–Crippen LogP) is 4.29. The molecule has 0 spiro atoms. The maximum atomic E-state index is 13.1. The maximum absolute atomic E-state index is 13.1. The average molecular weight is 347 g/mol. The van der Waals surface area contributed by atoms with Gasteiger partial charge in [0.25, 0.3) is 0 Å². The standard InChI is InChI=1S/C22H22O2Si/c1-24-20-11-7-10-19(22(20)25(2)3)21(23)18-14-12-17(13-15-18)16-8-5-4-6-9-16/h4-15,25H,1-3H3. The summed E-state index contributed by atoms with van der Waals surface area (Å²) in [5, 5.41) is 1.10. The molecule has 3 heteroatoms. The second-order valence-electron chi connectivity index (χ2n) is 6.35. The van der Waals surface area contributed by atoms with Crippen LogP contribution in [0.1, 0.15) is 15.9 Å². The van der Waals surface area contributed by atoms with Crippen molar-refractivity contribution in [3.8, 4) is 16.9 Å². The topological polar surface area (TPSA) is 26.3 Å². The zero-order valence-corrected chi connectivity index (χ0v) is 16.0. The van der Waals surface area contributed by atoms with E-state index in [-0.39, 0.29) is 5.78 Å². The van der Waals surface area contributed by atoms with Gasteiger partial charge in [-0.25, -0.2) is 0 Å². The molecule has 0 aromatic heterocycles. The highest BCUT2D eigenvalue weighted by Gasteiger charge is 2.19. The second kappa shape index (κ2) is 7.49. The number of rotatable bonds is 5. The number of benzene rings is 3. The maximum Gasteiger partial charge on any atom is 0.193 e. The molecule has 0 N–H and O–H groups in total. The molecule has 0 aliphatic heterocycles. The Morgan fingerprint density at radius 3 is 2.04 bits per heavy atom. The van der Waals surface area contributed by atoms with E-state index in [2.05, 4.69) is 25.2 Å². The molecule has 0 saturated carbocycles. The monoisotopic (exact) mass is 346 g/mol. The van der Waals surface area contributed by atoms with Gasteiger partial charge in [0.05, 0.1) is 15.9 Å². The van der Waals surface area contributed by atoms with Gasteiger partial charge >= 0.3 is 0 Å². The molecule has 126 valence electrons. The summed E-state index contributed by atoms with van der Waals surface area (Å²) in [6.07, 6.45) is 0. The smallest absolute Gasteiger partial charge is 0.193 e. The highest BCUT2D eigenvalue weighted by molar-refractivity contribution is 6.73. The lowest BCUT2D eigenvalue weighted by Crippen LogP contribution is -2.31. The zero-order valence-electron chi connectivity index (χ0n) is 14.8. The van der Waals surface area contributed by atoms with Crippen molar-refractivity contribution in [2.75, 3.05) is 7.11 Å². The Labute approximate surface area is 150 Å². The summed E-state index contributed by atoms with van der Waals surface area (Å²) in [6.45, 7) is 4.43. The summed E-state index contributed by atoms with van der Waals surface area (Å²) in [6, 6.07) is 23.8. The van der Waals surface area contributed by atoms with Gasteiger partial charge in [-0.3, -0.25) is 4.79 Å². The Bertz CT molecular complexity index is 868. The van der Waals surface area contributed by atoms with Crippen LogP contribution in [0.2, 0.25) is 13.1 Å². The van der Waals surface area contributed by atoms with Crippen molar-refractivity contribution in [1.82, 2.24) is 0 Å². The van der Waals surface area contributed by atoms with Crippen LogP contribution in [0.25, 0.3) is 11.1 Å². The summed E-state index contributed by atoms with van der Waals surface area (Å²) in [4.78, 5) is 13.1. The van der Waals surface area contributed by atoms with Gasteiger partial charge in [-0.2, -0.15) is 0 Å². The number of hydrogen-bond acceptors (Lipinski definition) is 2. The molecule has 0 fully saturated rings. The van der Waals surface area contributed by atoms with Crippen LogP contribution in [0, 0.1) is 0 Å². The van der Waals surface area contributed by atoms with E-state index in [9.17, 15) is 4.79 Å². The molecule has 0 aliphatic rings. The molecule has 3 rings (SSSR count). The first kappa shape index (κ1) is 17.2. The van der Waals surface area contributed by atoms with Crippen molar-refractivity contribution >= 4 is 19.8 Å². The highest BCUT2D eigenvalue weighted by Crippen LogP contribution is 2.21. The summed E-state index contributed by atoms with van der Waals surface area (Å²) >= 11 is 0. The molecule has 2 nitrogen and oxygen atoms in total. The lowest BCUT2D eigenvalue weighted by atomic mass is 9.99. The van der Waals surface area contributed by atoms with Crippen LogP contribution < -0.4 is 9.92 Å². The van der Waals surface area contributed by atoms with E-state index < -0.39 is 8.80 Å². The number of ether oxygens (including phenoxy) is 1. The van der Waals surface area contributed by atoms with Gasteiger partial charge in [0.15, 0.2) is 5.78 Å². The van der Waals surface area contributed by atoms with E-state index in [1.54, 1.807) is 7.11 Å². The van der Waals surface area contributed by atoms with Crippen LogP contribution in [-0.2, 0) is 0 Å². The van der Waals surface area contributed by atoms with E-state index in [0.717, 1.165) is 27.6 Å². The Hall–Kier alpha value is -2.65. The van der Waals surface area contributed by atoms with Gasteiger partial charge in [-0.1, -0.05) is 79.8 Å². The first-order chi connectivity index (χ1) is 12.1. The van der Waals surface area contributed by atoms with Gasteiger partial charge in [0.1, 0.15) is 5.75 Å². The highest BCUT2D eigenvalue weighted by atomic mass is 28.3. The minimum atomic E-state index is -1.21. The summed E-state index contributed by atoms with van der Waals surface area (Å²) in [5.74, 6) is 0.892. The third-order valence-electron chi connectivity index (χ3n) is 4.36. The van der Waals surface area contributed by atoms with Gasteiger partial charge in [0.2, 0.25) is 0 Å². The summed E-state index contributed by atoms with van der Waals surface area (Å²) in [5.41, 5.74) is 3.75. The molecule has 0 radical (unpaired) electrons. The normalized spacial score (nSPS) is 10.7. The summed E-state index contributed by atoms with van der Waals surface area (Å²) in [7, 11) is 0.456. The Kier molecular flexibility index (Phi) is 5.15. The van der Waals surface area contributed by atoms with Crippen molar-refractivity contribution in [3.05, 3.63) is 83.9 Å². The molecular weight excluding hydrogens is 324 g/mol. The molecule has 25 heavy (non-hydrogen) atoms. The fraction of sp³-hybridized carbons (Fsp3) is 0.136. The minimum Gasteiger partial charge on any atom is -0.497 e. The van der Waals surface area contributed by atoms with Gasteiger partial charge in [0, 0.05) is 11.1 Å². The number of methoxy groups -OCH3 is 1. The molecule has 0 heterocycles.